The molecule has 1 aromatic heterocycles. The summed E-state index contributed by atoms with van der Waals surface area (Å²) in [5.41, 5.74) is -0.117. The van der Waals surface area contributed by atoms with Crippen LogP contribution < -0.4 is 10.1 Å². The summed E-state index contributed by atoms with van der Waals surface area (Å²) in [6, 6.07) is 11.0. The van der Waals surface area contributed by atoms with Gasteiger partial charge in [0.25, 0.3) is 5.91 Å². The minimum atomic E-state index is -4.58. The van der Waals surface area contributed by atoms with Crippen molar-refractivity contribution in [2.24, 2.45) is 0 Å². The van der Waals surface area contributed by atoms with Crippen LogP contribution >= 0.6 is 0 Å². The lowest BCUT2D eigenvalue weighted by Crippen LogP contribution is -2.21. The predicted octanol–water partition coefficient (Wildman–Crippen LogP) is 3.89. The minimum Gasteiger partial charge on any atom is -0.508 e. The lowest BCUT2D eigenvalue weighted by Gasteiger charge is -2.13. The highest BCUT2D eigenvalue weighted by Gasteiger charge is 2.34. The Balaban J connectivity index is 1.62. The highest BCUT2D eigenvalue weighted by Crippen LogP contribution is 2.35. The Bertz CT molecular complexity index is 976. The van der Waals surface area contributed by atoms with E-state index in [-0.39, 0.29) is 11.4 Å². The van der Waals surface area contributed by atoms with Gasteiger partial charge < -0.3 is 15.2 Å². The first-order chi connectivity index (χ1) is 13.3. The number of ether oxygens (including phenoxy) is 1. The maximum atomic E-state index is 12.9. The van der Waals surface area contributed by atoms with Crippen LogP contribution in [0.1, 0.15) is 5.56 Å². The van der Waals surface area contributed by atoms with Gasteiger partial charge in [-0.15, -0.1) is 0 Å². The first kappa shape index (κ1) is 19.2. The lowest BCUT2D eigenvalue weighted by atomic mass is 10.2. The number of para-hydroxylation sites is 1. The normalized spacial score (nSPS) is 11.1. The molecule has 0 saturated heterocycles. The number of phenolic OH excluding ortho intramolecular Hbond substituents is 1. The van der Waals surface area contributed by atoms with E-state index in [2.05, 4.69) is 15.3 Å². The summed E-state index contributed by atoms with van der Waals surface area (Å²) in [5.74, 6) is -0.690. The number of phenols is 1. The molecule has 0 unspecified atom stereocenters. The van der Waals surface area contributed by atoms with E-state index in [1.807, 2.05) is 0 Å². The molecule has 9 heteroatoms. The summed E-state index contributed by atoms with van der Waals surface area (Å²) in [7, 11) is 0. The number of aromatic nitrogens is 2. The molecule has 6 nitrogen and oxygen atoms in total. The third-order valence-electron chi connectivity index (χ3n) is 3.59. The second kappa shape index (κ2) is 7.95. The third-order valence-corrected chi connectivity index (χ3v) is 3.59. The summed E-state index contributed by atoms with van der Waals surface area (Å²) >= 11 is 0. The molecule has 3 aromatic rings. The first-order valence-electron chi connectivity index (χ1n) is 8.03. The van der Waals surface area contributed by atoms with Gasteiger partial charge in [0.15, 0.2) is 12.4 Å². The van der Waals surface area contributed by atoms with E-state index in [9.17, 15) is 23.1 Å². The quantitative estimate of drug-likeness (QED) is 0.692. The average Bonchev–Trinajstić information content (AvgIpc) is 2.66. The summed E-state index contributed by atoms with van der Waals surface area (Å²) in [5, 5.41) is 11.9. The maximum Gasteiger partial charge on any atom is 0.419 e. The molecule has 0 spiro atoms. The van der Waals surface area contributed by atoms with Crippen molar-refractivity contribution < 1.29 is 27.8 Å². The number of amides is 1. The molecule has 2 aromatic carbocycles. The van der Waals surface area contributed by atoms with Gasteiger partial charge in [0.05, 0.1) is 23.6 Å². The molecular weight excluding hydrogens is 375 g/mol. The van der Waals surface area contributed by atoms with Gasteiger partial charge in [-0.25, -0.2) is 9.97 Å². The molecular formula is C19H14F3N3O3. The highest BCUT2D eigenvalue weighted by molar-refractivity contribution is 5.91. The molecule has 3 rings (SSSR count). The van der Waals surface area contributed by atoms with Crippen molar-refractivity contribution in [2.45, 2.75) is 6.18 Å². The summed E-state index contributed by atoms with van der Waals surface area (Å²) in [6.07, 6.45) is -1.90. The Morgan fingerprint density at radius 3 is 2.46 bits per heavy atom. The molecule has 0 bridgehead atoms. The van der Waals surface area contributed by atoms with Crippen molar-refractivity contribution in [1.82, 2.24) is 9.97 Å². The molecule has 0 fully saturated rings. The van der Waals surface area contributed by atoms with Crippen molar-refractivity contribution in [1.29, 1.82) is 0 Å². The zero-order valence-electron chi connectivity index (χ0n) is 14.3. The molecule has 0 aliphatic carbocycles. The molecule has 0 aliphatic heterocycles. The molecule has 2 N–H and O–H groups in total. The van der Waals surface area contributed by atoms with Crippen LogP contribution in [0.15, 0.2) is 60.9 Å². The van der Waals surface area contributed by atoms with Crippen molar-refractivity contribution in [3.05, 3.63) is 66.5 Å². The van der Waals surface area contributed by atoms with Gasteiger partial charge in [0.1, 0.15) is 11.5 Å². The number of carbonyl (C=O) groups excluding carboxylic acids is 1. The summed E-state index contributed by atoms with van der Waals surface area (Å²) in [4.78, 5) is 20.1. The number of hydrogen-bond acceptors (Lipinski definition) is 5. The van der Waals surface area contributed by atoms with Crippen LogP contribution in [0.25, 0.3) is 11.4 Å². The Kier molecular flexibility index (Phi) is 5.44. The summed E-state index contributed by atoms with van der Waals surface area (Å²) < 4.78 is 43.7. The van der Waals surface area contributed by atoms with E-state index in [0.29, 0.717) is 11.4 Å². The van der Waals surface area contributed by atoms with Gasteiger partial charge in [0.2, 0.25) is 0 Å². The van der Waals surface area contributed by atoms with E-state index in [0.717, 1.165) is 12.1 Å². The van der Waals surface area contributed by atoms with E-state index in [1.54, 1.807) is 12.1 Å². The number of halogens is 3. The summed E-state index contributed by atoms with van der Waals surface area (Å²) in [6.45, 7) is -0.610. The van der Waals surface area contributed by atoms with Crippen molar-refractivity contribution in [3.8, 4) is 22.9 Å². The first-order valence-corrected chi connectivity index (χ1v) is 8.03. The number of anilines is 1. The number of alkyl halides is 3. The van der Waals surface area contributed by atoms with E-state index >= 15 is 0 Å². The molecule has 0 saturated carbocycles. The zero-order valence-corrected chi connectivity index (χ0v) is 14.3. The van der Waals surface area contributed by atoms with Crippen LogP contribution in [0.2, 0.25) is 0 Å². The number of nitrogens with zero attached hydrogens (tertiary/aromatic N) is 2. The Hall–Kier alpha value is -3.62. The number of benzene rings is 2. The van der Waals surface area contributed by atoms with Crippen LogP contribution in [0.3, 0.4) is 0 Å². The molecule has 1 heterocycles. The second-order valence-electron chi connectivity index (χ2n) is 5.68. The monoisotopic (exact) mass is 389 g/mol. The fourth-order valence-corrected chi connectivity index (χ4v) is 2.35. The second-order valence-corrected chi connectivity index (χ2v) is 5.68. The molecule has 1 amide bonds. The van der Waals surface area contributed by atoms with Crippen LogP contribution in [0, 0.1) is 0 Å². The average molecular weight is 389 g/mol. The fraction of sp³-hybridized carbons (Fsp3) is 0.105. The number of hydrogen-bond donors (Lipinski definition) is 2. The van der Waals surface area contributed by atoms with Crippen LogP contribution in [0.4, 0.5) is 18.9 Å². The molecule has 144 valence electrons. The van der Waals surface area contributed by atoms with E-state index in [1.165, 1.54) is 36.7 Å². The Morgan fingerprint density at radius 1 is 1.07 bits per heavy atom. The van der Waals surface area contributed by atoms with Gasteiger partial charge in [-0.1, -0.05) is 24.3 Å². The number of aromatic hydroxyl groups is 1. The van der Waals surface area contributed by atoms with Gasteiger partial charge in [-0.2, -0.15) is 13.2 Å². The predicted molar refractivity (Wildman–Crippen MR) is 94.7 cm³/mol. The molecule has 0 aliphatic rings. The van der Waals surface area contributed by atoms with Gasteiger partial charge >= 0.3 is 6.18 Å². The minimum absolute atomic E-state index is 0.0646. The number of carbonyl (C=O) groups is 1. The van der Waals surface area contributed by atoms with Crippen molar-refractivity contribution in [3.63, 3.8) is 0 Å². The van der Waals surface area contributed by atoms with Crippen LogP contribution in [-0.2, 0) is 11.0 Å². The van der Waals surface area contributed by atoms with E-state index < -0.39 is 30.0 Å². The zero-order chi connectivity index (χ0) is 20.1. The topological polar surface area (TPSA) is 84.3 Å². The molecule has 0 radical (unpaired) electrons. The standard InChI is InChI=1S/C19H14F3N3O3/c20-19(21,22)15-6-1-2-7-16(15)28-11-17(27)25-13-9-23-18(24-10-13)12-4-3-5-14(26)8-12/h1-10,26H,11H2,(H,25,27). The fourth-order valence-electron chi connectivity index (χ4n) is 2.35. The maximum absolute atomic E-state index is 12.9. The third kappa shape index (κ3) is 4.76. The largest absolute Gasteiger partial charge is 0.508 e. The molecule has 28 heavy (non-hydrogen) atoms. The van der Waals surface area contributed by atoms with Gasteiger partial charge in [-0.05, 0) is 24.3 Å². The highest BCUT2D eigenvalue weighted by atomic mass is 19.4. The SMILES string of the molecule is O=C(COc1ccccc1C(F)(F)F)Nc1cnc(-c2cccc(O)c2)nc1. The van der Waals surface area contributed by atoms with Gasteiger partial charge in [0, 0.05) is 5.56 Å². The Labute approximate surface area is 157 Å². The number of rotatable bonds is 5. The van der Waals surface area contributed by atoms with E-state index in [4.69, 9.17) is 4.74 Å². The van der Waals surface area contributed by atoms with Crippen molar-refractivity contribution >= 4 is 11.6 Å². The molecule has 0 atom stereocenters. The van der Waals surface area contributed by atoms with Gasteiger partial charge in [-0.3, -0.25) is 4.79 Å². The smallest absolute Gasteiger partial charge is 0.419 e. The lowest BCUT2D eigenvalue weighted by molar-refractivity contribution is -0.139. The Morgan fingerprint density at radius 2 is 1.79 bits per heavy atom. The van der Waals surface area contributed by atoms with Crippen LogP contribution in [0.5, 0.6) is 11.5 Å². The van der Waals surface area contributed by atoms with Crippen molar-refractivity contribution in [2.75, 3.05) is 11.9 Å². The van der Waals surface area contributed by atoms with Crippen LogP contribution in [-0.4, -0.2) is 27.6 Å². The number of nitrogens with one attached hydrogen (secondary N) is 1.